The van der Waals surface area contributed by atoms with Crippen molar-refractivity contribution in [1.29, 1.82) is 0 Å². The topological polar surface area (TPSA) is 32.8 Å². The van der Waals surface area contributed by atoms with Gasteiger partial charge in [0.25, 0.3) is 5.91 Å². The van der Waals surface area contributed by atoms with E-state index >= 15 is 0 Å². The fourth-order valence-electron chi connectivity index (χ4n) is 4.12. The van der Waals surface area contributed by atoms with Gasteiger partial charge in [-0.1, -0.05) is 42.5 Å². The van der Waals surface area contributed by atoms with Crippen LogP contribution in [0, 0.1) is 11.6 Å². The van der Waals surface area contributed by atoms with Crippen molar-refractivity contribution in [3.63, 3.8) is 0 Å². The number of hydrogen-bond acceptors (Lipinski definition) is 3. The molecule has 1 aliphatic heterocycles. The molecule has 1 fully saturated rings. The summed E-state index contributed by atoms with van der Waals surface area (Å²) in [5.74, 6) is 0.0251. The Morgan fingerprint density at radius 1 is 0.781 bits per heavy atom. The summed E-state index contributed by atoms with van der Waals surface area (Å²) in [6.45, 7) is 4.16. The Morgan fingerprint density at radius 3 is 1.78 bits per heavy atom. The average Bonchev–Trinajstić information content (AvgIpc) is 2.82. The first kappa shape index (κ1) is 22.0. The highest BCUT2D eigenvalue weighted by atomic mass is 19.1. The zero-order chi connectivity index (χ0) is 22.5. The lowest BCUT2D eigenvalue weighted by molar-refractivity contribution is -0.140. The Kier molecular flexibility index (Phi) is 6.81. The molecule has 1 unspecified atom stereocenters. The molecule has 6 heteroatoms. The molecule has 0 bridgehead atoms. The largest absolute Gasteiger partial charge is 0.481 e. The van der Waals surface area contributed by atoms with Crippen LogP contribution in [-0.4, -0.2) is 48.0 Å². The third kappa shape index (κ3) is 5.14. The van der Waals surface area contributed by atoms with E-state index in [0.717, 1.165) is 11.1 Å². The van der Waals surface area contributed by atoms with E-state index in [1.54, 1.807) is 31.2 Å². The minimum Gasteiger partial charge on any atom is -0.481 e. The molecule has 4 rings (SSSR count). The molecule has 0 spiro atoms. The van der Waals surface area contributed by atoms with Crippen LogP contribution in [0.2, 0.25) is 0 Å². The summed E-state index contributed by atoms with van der Waals surface area (Å²) in [5, 5.41) is 0. The van der Waals surface area contributed by atoms with Gasteiger partial charge in [-0.05, 0) is 54.4 Å². The molecule has 1 heterocycles. The summed E-state index contributed by atoms with van der Waals surface area (Å²) in [4.78, 5) is 17.0. The van der Waals surface area contributed by atoms with Crippen LogP contribution in [0.4, 0.5) is 8.78 Å². The van der Waals surface area contributed by atoms with Crippen LogP contribution in [-0.2, 0) is 4.79 Å². The van der Waals surface area contributed by atoms with Crippen molar-refractivity contribution in [3.05, 3.63) is 102 Å². The third-order valence-electron chi connectivity index (χ3n) is 5.77. The second-order valence-electron chi connectivity index (χ2n) is 7.94. The quantitative estimate of drug-likeness (QED) is 0.563. The van der Waals surface area contributed by atoms with E-state index in [1.807, 2.05) is 35.2 Å². The molecule has 32 heavy (non-hydrogen) atoms. The maximum atomic E-state index is 13.5. The van der Waals surface area contributed by atoms with Gasteiger partial charge in [0, 0.05) is 26.2 Å². The molecular weight excluding hydrogens is 410 g/mol. The second kappa shape index (κ2) is 9.92. The maximum absolute atomic E-state index is 13.5. The minimum absolute atomic E-state index is 0.0476. The second-order valence-corrected chi connectivity index (χ2v) is 7.94. The van der Waals surface area contributed by atoms with Crippen LogP contribution in [0.5, 0.6) is 5.75 Å². The number of halogens is 2. The number of benzene rings is 3. The monoisotopic (exact) mass is 436 g/mol. The Morgan fingerprint density at radius 2 is 1.28 bits per heavy atom. The van der Waals surface area contributed by atoms with E-state index in [1.165, 1.54) is 24.3 Å². The first-order chi connectivity index (χ1) is 15.5. The molecule has 0 N–H and O–H groups in total. The summed E-state index contributed by atoms with van der Waals surface area (Å²) in [5.41, 5.74) is 1.86. The van der Waals surface area contributed by atoms with E-state index in [0.29, 0.717) is 31.9 Å². The Labute approximate surface area is 187 Å². The number of rotatable bonds is 6. The number of carbonyl (C=O) groups is 1. The van der Waals surface area contributed by atoms with Gasteiger partial charge in [0.2, 0.25) is 0 Å². The molecule has 0 radical (unpaired) electrons. The SMILES string of the molecule is CC(Oc1ccccc1)C(=O)N1CCN(C(c2ccc(F)cc2)c2ccc(F)cc2)CC1. The van der Waals surface area contributed by atoms with Crippen LogP contribution < -0.4 is 4.74 Å². The molecule has 0 saturated carbocycles. The van der Waals surface area contributed by atoms with E-state index in [4.69, 9.17) is 4.74 Å². The van der Waals surface area contributed by atoms with E-state index < -0.39 is 6.10 Å². The number of para-hydroxylation sites is 1. The van der Waals surface area contributed by atoms with Crippen molar-refractivity contribution in [3.8, 4) is 5.75 Å². The Hall–Kier alpha value is -3.25. The average molecular weight is 437 g/mol. The molecule has 166 valence electrons. The standard InChI is InChI=1S/C26H26F2N2O2/c1-19(32-24-5-3-2-4-6-24)26(31)30-17-15-29(16-18-30)25(20-7-11-22(27)12-8-20)21-9-13-23(28)14-10-21/h2-14,19,25H,15-18H2,1H3. The zero-order valence-electron chi connectivity index (χ0n) is 18.0. The van der Waals surface area contributed by atoms with Gasteiger partial charge >= 0.3 is 0 Å². The lowest BCUT2D eigenvalue weighted by Crippen LogP contribution is -2.52. The van der Waals surface area contributed by atoms with Gasteiger partial charge < -0.3 is 9.64 Å². The van der Waals surface area contributed by atoms with Gasteiger partial charge in [-0.2, -0.15) is 0 Å². The van der Waals surface area contributed by atoms with Crippen molar-refractivity contribution in [2.24, 2.45) is 0 Å². The number of nitrogens with zero attached hydrogens (tertiary/aromatic N) is 2. The van der Waals surface area contributed by atoms with Crippen LogP contribution >= 0.6 is 0 Å². The Balaban J connectivity index is 1.45. The molecule has 4 nitrogen and oxygen atoms in total. The molecule has 0 aromatic heterocycles. The first-order valence-corrected chi connectivity index (χ1v) is 10.8. The molecule has 3 aromatic rings. The molecular formula is C26H26F2N2O2. The highest BCUT2D eigenvalue weighted by Crippen LogP contribution is 2.30. The normalized spacial score (nSPS) is 15.6. The van der Waals surface area contributed by atoms with Crippen molar-refractivity contribution >= 4 is 5.91 Å². The van der Waals surface area contributed by atoms with Crippen molar-refractivity contribution in [2.75, 3.05) is 26.2 Å². The molecule has 0 aliphatic carbocycles. The lowest BCUT2D eigenvalue weighted by Gasteiger charge is -2.40. The zero-order valence-corrected chi connectivity index (χ0v) is 18.0. The third-order valence-corrected chi connectivity index (χ3v) is 5.77. The highest BCUT2D eigenvalue weighted by Gasteiger charge is 2.30. The van der Waals surface area contributed by atoms with Gasteiger partial charge in [-0.15, -0.1) is 0 Å². The Bertz CT molecular complexity index is 972. The molecule has 1 saturated heterocycles. The summed E-state index contributed by atoms with van der Waals surface area (Å²) >= 11 is 0. The maximum Gasteiger partial charge on any atom is 0.263 e. The van der Waals surface area contributed by atoms with Crippen LogP contribution in [0.3, 0.4) is 0 Å². The number of carbonyl (C=O) groups excluding carboxylic acids is 1. The molecule has 3 aromatic carbocycles. The number of ether oxygens (including phenoxy) is 1. The molecule has 1 amide bonds. The lowest BCUT2D eigenvalue weighted by atomic mass is 9.96. The van der Waals surface area contributed by atoms with Crippen molar-refractivity contribution < 1.29 is 18.3 Å². The minimum atomic E-state index is -0.575. The summed E-state index contributed by atoms with van der Waals surface area (Å²) in [6.07, 6.45) is -0.575. The van der Waals surface area contributed by atoms with Crippen LogP contribution in [0.25, 0.3) is 0 Å². The predicted octanol–water partition coefficient (Wildman–Crippen LogP) is 4.67. The number of piperazine rings is 1. The van der Waals surface area contributed by atoms with Gasteiger partial charge in [0.15, 0.2) is 6.10 Å². The number of amides is 1. The van der Waals surface area contributed by atoms with Crippen LogP contribution in [0.1, 0.15) is 24.1 Å². The highest BCUT2D eigenvalue weighted by molar-refractivity contribution is 5.81. The summed E-state index contributed by atoms with van der Waals surface area (Å²) in [7, 11) is 0. The van der Waals surface area contributed by atoms with E-state index in [-0.39, 0.29) is 23.6 Å². The first-order valence-electron chi connectivity index (χ1n) is 10.8. The fraction of sp³-hybridized carbons (Fsp3) is 0.269. The van der Waals surface area contributed by atoms with Gasteiger partial charge in [-0.3, -0.25) is 9.69 Å². The molecule has 1 aliphatic rings. The summed E-state index contributed by atoms with van der Waals surface area (Å²) in [6, 6.07) is 22.0. The van der Waals surface area contributed by atoms with Crippen molar-refractivity contribution in [2.45, 2.75) is 19.1 Å². The molecule has 1 atom stereocenters. The predicted molar refractivity (Wildman–Crippen MR) is 119 cm³/mol. The van der Waals surface area contributed by atoms with Gasteiger partial charge in [0.1, 0.15) is 17.4 Å². The number of hydrogen-bond donors (Lipinski definition) is 0. The van der Waals surface area contributed by atoms with Crippen molar-refractivity contribution in [1.82, 2.24) is 9.80 Å². The van der Waals surface area contributed by atoms with Gasteiger partial charge in [0.05, 0.1) is 6.04 Å². The fourth-order valence-corrected chi connectivity index (χ4v) is 4.12. The van der Waals surface area contributed by atoms with Gasteiger partial charge in [-0.25, -0.2) is 8.78 Å². The van der Waals surface area contributed by atoms with Crippen LogP contribution in [0.15, 0.2) is 78.9 Å². The van der Waals surface area contributed by atoms with E-state index in [9.17, 15) is 13.6 Å². The smallest absolute Gasteiger partial charge is 0.263 e. The summed E-state index contributed by atoms with van der Waals surface area (Å²) < 4.78 is 32.8. The van der Waals surface area contributed by atoms with E-state index in [2.05, 4.69) is 4.90 Å².